The third kappa shape index (κ3) is 6.06. The summed E-state index contributed by atoms with van der Waals surface area (Å²) in [6.07, 6.45) is 5.19. The van der Waals surface area contributed by atoms with Gasteiger partial charge in [0.2, 0.25) is 0 Å². The van der Waals surface area contributed by atoms with E-state index in [1.807, 2.05) is 12.1 Å². The van der Waals surface area contributed by atoms with Crippen molar-refractivity contribution in [1.82, 2.24) is 0 Å². The molecule has 1 fully saturated rings. The van der Waals surface area contributed by atoms with Gasteiger partial charge in [-0.2, -0.15) is 8.78 Å². The fraction of sp³-hybridized carbons (Fsp3) is 0.565. The van der Waals surface area contributed by atoms with Crippen LogP contribution in [0.2, 0.25) is 0 Å². The fourth-order valence-corrected chi connectivity index (χ4v) is 3.36. The third-order valence-corrected chi connectivity index (χ3v) is 5.22. The highest BCUT2D eigenvalue weighted by Crippen LogP contribution is 2.30. The molecule has 1 saturated heterocycles. The summed E-state index contributed by atoms with van der Waals surface area (Å²) in [6.45, 7) is 6.24. The topological polar surface area (TPSA) is 27.7 Å². The number of methoxy groups -OCH3 is 1. The first-order chi connectivity index (χ1) is 13.5. The van der Waals surface area contributed by atoms with E-state index in [1.165, 1.54) is 19.6 Å². The normalized spacial score (nSPS) is 21.6. The molecule has 5 heteroatoms. The summed E-state index contributed by atoms with van der Waals surface area (Å²) < 4.78 is 44.4. The average Bonchev–Trinajstić information content (AvgIpc) is 2.74. The molecule has 1 heterocycles. The Morgan fingerprint density at radius 3 is 2.36 bits per heavy atom. The van der Waals surface area contributed by atoms with E-state index in [2.05, 4.69) is 19.1 Å². The van der Waals surface area contributed by atoms with Crippen molar-refractivity contribution in [1.29, 1.82) is 0 Å². The highest BCUT2D eigenvalue weighted by atomic mass is 19.2. The molecule has 0 amide bonds. The molecule has 0 aromatic heterocycles. The maximum Gasteiger partial charge on any atom is 0.199 e. The second-order valence-corrected chi connectivity index (χ2v) is 7.21. The van der Waals surface area contributed by atoms with Crippen LogP contribution in [0.25, 0.3) is 0 Å². The lowest BCUT2D eigenvalue weighted by Gasteiger charge is -2.29. The maximum absolute atomic E-state index is 14.2. The van der Waals surface area contributed by atoms with Gasteiger partial charge in [-0.3, -0.25) is 0 Å². The second-order valence-electron chi connectivity index (χ2n) is 7.21. The minimum atomic E-state index is -1.02. The van der Waals surface area contributed by atoms with Gasteiger partial charge in [0.25, 0.3) is 0 Å². The molecule has 156 valence electrons. The molecule has 0 spiro atoms. The van der Waals surface area contributed by atoms with Gasteiger partial charge in [0.1, 0.15) is 18.1 Å². The Hall–Kier alpha value is -1.88. The summed E-state index contributed by atoms with van der Waals surface area (Å²) >= 11 is 0. The van der Waals surface area contributed by atoms with Gasteiger partial charge in [-0.05, 0) is 37.3 Å². The van der Waals surface area contributed by atoms with Gasteiger partial charge in [-0.25, -0.2) is 0 Å². The van der Waals surface area contributed by atoms with E-state index in [4.69, 9.17) is 14.2 Å². The highest BCUT2D eigenvalue weighted by Gasteiger charge is 2.22. The summed E-state index contributed by atoms with van der Waals surface area (Å²) in [7, 11) is 1.30. The summed E-state index contributed by atoms with van der Waals surface area (Å²) in [5.41, 5.74) is 2.16. The zero-order valence-corrected chi connectivity index (χ0v) is 17.4. The van der Waals surface area contributed by atoms with Crippen LogP contribution in [0.15, 0.2) is 47.4 Å². The first kappa shape index (κ1) is 22.4. The van der Waals surface area contributed by atoms with Crippen LogP contribution in [0.1, 0.15) is 69.9 Å². The van der Waals surface area contributed by atoms with Crippen molar-refractivity contribution < 1.29 is 23.0 Å². The lowest BCUT2D eigenvalue weighted by molar-refractivity contribution is -0.00112. The number of ether oxygens (including phenoxy) is 3. The zero-order chi connectivity index (χ0) is 20.5. The Balaban J connectivity index is 1.95. The molecule has 2 unspecified atom stereocenters. The van der Waals surface area contributed by atoms with E-state index in [1.54, 1.807) is 6.92 Å². The standard InChI is InChI=1S/C23H32F2O3/c1-5-7-20-13-12-19(15-27-20)18-10-8-17(9-11-18)14-28-21(6-2)23(25)22(24)16(3)26-4/h8-11,19-20H,5-7,12-15H2,1-4H3/b22-16-,23-21-. The highest BCUT2D eigenvalue weighted by molar-refractivity contribution is 5.27. The molecule has 1 aliphatic rings. The van der Waals surface area contributed by atoms with E-state index in [-0.39, 0.29) is 24.5 Å². The summed E-state index contributed by atoms with van der Waals surface area (Å²) in [6, 6.07) is 8.11. The van der Waals surface area contributed by atoms with Gasteiger partial charge in [0, 0.05) is 12.3 Å². The van der Waals surface area contributed by atoms with Crippen LogP contribution in [0.4, 0.5) is 8.78 Å². The number of benzene rings is 1. The second kappa shape index (κ2) is 11.2. The van der Waals surface area contributed by atoms with E-state index in [9.17, 15) is 8.78 Å². The first-order valence-electron chi connectivity index (χ1n) is 10.1. The molecule has 0 radical (unpaired) electrons. The molecule has 0 aliphatic carbocycles. The molecular weight excluding hydrogens is 362 g/mol. The average molecular weight is 395 g/mol. The minimum absolute atomic E-state index is 0.0133. The van der Waals surface area contributed by atoms with Crippen molar-refractivity contribution in [3.63, 3.8) is 0 Å². The summed E-state index contributed by atoms with van der Waals surface area (Å²) in [4.78, 5) is 0. The van der Waals surface area contributed by atoms with Crippen molar-refractivity contribution in [3.8, 4) is 0 Å². The van der Waals surface area contributed by atoms with Crippen LogP contribution in [-0.4, -0.2) is 19.8 Å². The van der Waals surface area contributed by atoms with Crippen LogP contribution >= 0.6 is 0 Å². The number of hydrogen-bond donors (Lipinski definition) is 0. The molecule has 2 atom stereocenters. The SMILES string of the molecule is CCCC1CCC(c2ccc(CO/C(CC)=C(F)/C(F)=C(\C)OC)cc2)CO1. The molecular formula is C23H32F2O3. The summed E-state index contributed by atoms with van der Waals surface area (Å²) in [5.74, 6) is -1.72. The van der Waals surface area contributed by atoms with Crippen LogP contribution in [0.3, 0.4) is 0 Å². The van der Waals surface area contributed by atoms with Gasteiger partial charge < -0.3 is 14.2 Å². The molecule has 1 aromatic rings. The molecule has 1 aromatic carbocycles. The molecule has 1 aliphatic heterocycles. The van der Waals surface area contributed by atoms with Crippen LogP contribution in [0, 0.1) is 0 Å². The maximum atomic E-state index is 14.2. The molecule has 28 heavy (non-hydrogen) atoms. The minimum Gasteiger partial charge on any atom is -0.498 e. The molecule has 3 nitrogen and oxygen atoms in total. The van der Waals surface area contributed by atoms with E-state index < -0.39 is 11.7 Å². The lowest BCUT2D eigenvalue weighted by atomic mass is 9.90. The Morgan fingerprint density at radius 2 is 1.82 bits per heavy atom. The van der Waals surface area contributed by atoms with Crippen molar-refractivity contribution in [2.24, 2.45) is 0 Å². The predicted octanol–water partition coefficient (Wildman–Crippen LogP) is 6.70. The number of allylic oxidation sites excluding steroid dienone is 4. The summed E-state index contributed by atoms with van der Waals surface area (Å²) in [5, 5.41) is 0. The quantitative estimate of drug-likeness (QED) is 0.344. The van der Waals surface area contributed by atoms with Gasteiger partial charge >= 0.3 is 0 Å². The zero-order valence-electron chi connectivity index (χ0n) is 17.4. The van der Waals surface area contributed by atoms with Crippen LogP contribution in [0.5, 0.6) is 0 Å². The largest absolute Gasteiger partial charge is 0.498 e. The third-order valence-electron chi connectivity index (χ3n) is 5.22. The Labute approximate surface area is 167 Å². The Morgan fingerprint density at radius 1 is 1.11 bits per heavy atom. The van der Waals surface area contributed by atoms with Gasteiger partial charge in [0.15, 0.2) is 11.7 Å². The monoisotopic (exact) mass is 394 g/mol. The van der Waals surface area contributed by atoms with Gasteiger partial charge in [-0.1, -0.05) is 44.5 Å². The van der Waals surface area contributed by atoms with E-state index in [0.717, 1.165) is 37.9 Å². The number of rotatable bonds is 9. The van der Waals surface area contributed by atoms with E-state index >= 15 is 0 Å². The smallest absolute Gasteiger partial charge is 0.199 e. The molecule has 0 bridgehead atoms. The van der Waals surface area contributed by atoms with Crippen LogP contribution in [-0.2, 0) is 20.8 Å². The lowest BCUT2D eigenvalue weighted by Crippen LogP contribution is -2.24. The molecule has 0 saturated carbocycles. The number of halogens is 2. The van der Waals surface area contributed by atoms with Gasteiger partial charge in [0.05, 0.1) is 19.8 Å². The Kier molecular flexibility index (Phi) is 8.97. The fourth-order valence-electron chi connectivity index (χ4n) is 3.36. The van der Waals surface area contributed by atoms with Crippen molar-refractivity contribution in [2.75, 3.05) is 13.7 Å². The Bertz CT molecular complexity index is 672. The van der Waals surface area contributed by atoms with Gasteiger partial charge in [-0.15, -0.1) is 0 Å². The molecule has 2 rings (SSSR count). The first-order valence-corrected chi connectivity index (χ1v) is 10.1. The number of hydrogen-bond acceptors (Lipinski definition) is 3. The van der Waals surface area contributed by atoms with Crippen molar-refractivity contribution >= 4 is 0 Å². The van der Waals surface area contributed by atoms with E-state index in [0.29, 0.717) is 12.0 Å². The predicted molar refractivity (Wildman–Crippen MR) is 107 cm³/mol. The van der Waals surface area contributed by atoms with Crippen molar-refractivity contribution in [3.05, 3.63) is 58.6 Å². The van der Waals surface area contributed by atoms with Crippen LogP contribution < -0.4 is 0 Å². The molecule has 0 N–H and O–H groups in total. The van der Waals surface area contributed by atoms with Crippen molar-refractivity contribution in [2.45, 2.75) is 71.5 Å².